The molecule has 0 bridgehead atoms. The van der Waals surface area contributed by atoms with Gasteiger partial charge >= 0.3 is 5.97 Å². The zero-order chi connectivity index (χ0) is 19.5. The van der Waals surface area contributed by atoms with Gasteiger partial charge in [0.1, 0.15) is 5.69 Å². The van der Waals surface area contributed by atoms with Gasteiger partial charge in [-0.3, -0.25) is 10.1 Å². The first-order chi connectivity index (χ1) is 13.6. The van der Waals surface area contributed by atoms with Gasteiger partial charge in [-0.15, -0.1) is 0 Å². The number of rotatable bonds is 4. The molecule has 0 N–H and O–H groups in total. The van der Waals surface area contributed by atoms with Crippen LogP contribution in [0.3, 0.4) is 0 Å². The van der Waals surface area contributed by atoms with E-state index in [1.165, 1.54) is 12.1 Å². The first-order valence-electron chi connectivity index (χ1n) is 8.81. The first-order valence-corrected chi connectivity index (χ1v) is 8.81. The molecule has 8 heteroatoms. The number of carbonyl (C=O) groups excluding carboxylic acids is 1. The molecule has 0 spiro atoms. The fourth-order valence-corrected chi connectivity index (χ4v) is 3.12. The molecular formula is C20H17N3O5. The van der Waals surface area contributed by atoms with Crippen molar-refractivity contribution in [1.29, 1.82) is 0 Å². The van der Waals surface area contributed by atoms with Crippen LogP contribution in [0.2, 0.25) is 0 Å². The first kappa shape index (κ1) is 17.9. The normalized spacial score (nSPS) is 18.1. The molecule has 2 heterocycles. The number of nitro benzene ring substituents is 1. The second kappa shape index (κ2) is 7.61. The molecule has 1 fully saturated rings. The van der Waals surface area contributed by atoms with E-state index in [0.717, 1.165) is 0 Å². The molecule has 28 heavy (non-hydrogen) atoms. The van der Waals surface area contributed by atoms with Gasteiger partial charge < -0.3 is 14.4 Å². The number of cyclic esters (lactones) is 1. The van der Waals surface area contributed by atoms with E-state index < -0.39 is 10.9 Å². The molecule has 0 saturated carbocycles. The van der Waals surface area contributed by atoms with Crippen LogP contribution in [0.25, 0.3) is 6.08 Å². The molecule has 2 aliphatic heterocycles. The van der Waals surface area contributed by atoms with Gasteiger partial charge in [0.2, 0.25) is 5.90 Å². The van der Waals surface area contributed by atoms with Crippen LogP contribution in [-0.4, -0.2) is 43.1 Å². The number of anilines is 1. The summed E-state index contributed by atoms with van der Waals surface area (Å²) in [6.45, 7) is 2.26. The topological polar surface area (TPSA) is 94.3 Å². The van der Waals surface area contributed by atoms with E-state index >= 15 is 0 Å². The Bertz CT molecular complexity index is 979. The van der Waals surface area contributed by atoms with E-state index in [-0.39, 0.29) is 17.3 Å². The van der Waals surface area contributed by atoms with Crippen molar-refractivity contribution in [1.82, 2.24) is 0 Å². The molecule has 0 aromatic heterocycles. The molecule has 8 nitrogen and oxygen atoms in total. The summed E-state index contributed by atoms with van der Waals surface area (Å²) >= 11 is 0. The van der Waals surface area contributed by atoms with Crippen LogP contribution in [0.15, 0.2) is 59.2 Å². The minimum Gasteiger partial charge on any atom is -0.402 e. The standard InChI is InChI=1S/C20H17N3O5/c24-20-16(21-19(28-20)15-4-2-1-3-5-15)12-14-6-7-17(18(13-14)23(25)26)22-8-10-27-11-9-22/h1-7,12-13H,8-11H2/b16-12+. The van der Waals surface area contributed by atoms with Crippen LogP contribution in [0, 0.1) is 10.1 Å². The fourth-order valence-electron chi connectivity index (χ4n) is 3.12. The van der Waals surface area contributed by atoms with Crippen molar-refractivity contribution in [3.63, 3.8) is 0 Å². The molecule has 0 radical (unpaired) electrons. The maximum Gasteiger partial charge on any atom is 0.363 e. The number of aliphatic imine (C=N–C) groups is 1. The Morgan fingerprint density at radius 3 is 2.57 bits per heavy atom. The van der Waals surface area contributed by atoms with Crippen molar-refractivity contribution in [2.75, 3.05) is 31.2 Å². The monoisotopic (exact) mass is 379 g/mol. The number of carbonyl (C=O) groups is 1. The van der Waals surface area contributed by atoms with Crippen LogP contribution in [0.5, 0.6) is 0 Å². The molecule has 1 saturated heterocycles. The summed E-state index contributed by atoms with van der Waals surface area (Å²) in [5.41, 5.74) is 1.82. The summed E-state index contributed by atoms with van der Waals surface area (Å²) in [5.74, 6) is -0.366. The number of ether oxygens (including phenoxy) is 2. The van der Waals surface area contributed by atoms with Crippen molar-refractivity contribution in [2.45, 2.75) is 0 Å². The third kappa shape index (κ3) is 3.63. The molecule has 2 aromatic rings. The molecule has 2 aromatic carbocycles. The lowest BCUT2D eigenvalue weighted by molar-refractivity contribution is -0.384. The van der Waals surface area contributed by atoms with Crippen molar-refractivity contribution in [3.8, 4) is 0 Å². The van der Waals surface area contributed by atoms with Gasteiger partial charge in [0.05, 0.1) is 18.1 Å². The highest BCUT2D eigenvalue weighted by Crippen LogP contribution is 2.31. The number of benzene rings is 2. The molecule has 0 aliphatic carbocycles. The second-order valence-corrected chi connectivity index (χ2v) is 6.31. The molecular weight excluding hydrogens is 362 g/mol. The lowest BCUT2D eigenvalue weighted by Gasteiger charge is -2.28. The van der Waals surface area contributed by atoms with Crippen LogP contribution in [0.4, 0.5) is 11.4 Å². The Labute approximate surface area is 160 Å². The third-order valence-electron chi connectivity index (χ3n) is 4.49. The van der Waals surface area contributed by atoms with E-state index in [9.17, 15) is 14.9 Å². The van der Waals surface area contributed by atoms with Gasteiger partial charge in [-0.1, -0.05) is 24.3 Å². The molecule has 0 amide bonds. The van der Waals surface area contributed by atoms with Crippen molar-refractivity contribution >= 4 is 29.3 Å². The zero-order valence-corrected chi connectivity index (χ0v) is 14.9. The van der Waals surface area contributed by atoms with E-state index in [1.54, 1.807) is 24.3 Å². The molecule has 0 unspecified atom stereocenters. The summed E-state index contributed by atoms with van der Waals surface area (Å²) in [4.78, 5) is 29.4. The van der Waals surface area contributed by atoms with Crippen LogP contribution in [0.1, 0.15) is 11.1 Å². The summed E-state index contributed by atoms with van der Waals surface area (Å²) < 4.78 is 10.5. The number of nitro groups is 1. The second-order valence-electron chi connectivity index (χ2n) is 6.31. The summed E-state index contributed by atoms with van der Waals surface area (Å²) in [7, 11) is 0. The highest BCUT2D eigenvalue weighted by molar-refractivity contribution is 6.12. The van der Waals surface area contributed by atoms with Gasteiger partial charge in [0, 0.05) is 24.7 Å². The van der Waals surface area contributed by atoms with E-state index in [4.69, 9.17) is 9.47 Å². The Morgan fingerprint density at radius 2 is 1.86 bits per heavy atom. The van der Waals surface area contributed by atoms with Gasteiger partial charge in [0.15, 0.2) is 5.70 Å². The Balaban J connectivity index is 1.65. The average Bonchev–Trinajstić information content (AvgIpc) is 3.09. The summed E-state index contributed by atoms with van der Waals surface area (Å²) in [6.07, 6.45) is 1.49. The highest BCUT2D eigenvalue weighted by Gasteiger charge is 2.25. The van der Waals surface area contributed by atoms with E-state index in [2.05, 4.69) is 4.99 Å². The minimum atomic E-state index is -0.584. The summed E-state index contributed by atoms with van der Waals surface area (Å²) in [6, 6.07) is 13.9. The maximum absolute atomic E-state index is 12.1. The predicted molar refractivity (Wildman–Crippen MR) is 103 cm³/mol. The molecule has 4 rings (SSSR count). The molecule has 0 atom stereocenters. The lowest BCUT2D eigenvalue weighted by atomic mass is 10.1. The number of hydrogen-bond donors (Lipinski definition) is 0. The zero-order valence-electron chi connectivity index (χ0n) is 14.9. The smallest absolute Gasteiger partial charge is 0.363 e. The van der Waals surface area contributed by atoms with Crippen LogP contribution in [-0.2, 0) is 14.3 Å². The average molecular weight is 379 g/mol. The number of morpholine rings is 1. The van der Waals surface area contributed by atoms with Gasteiger partial charge in [-0.2, -0.15) is 0 Å². The number of esters is 1. The quantitative estimate of drug-likeness (QED) is 0.351. The van der Waals surface area contributed by atoms with Crippen LogP contribution < -0.4 is 4.90 Å². The molecule has 2 aliphatic rings. The predicted octanol–water partition coefficient (Wildman–Crippen LogP) is 2.78. The van der Waals surface area contributed by atoms with Crippen molar-refractivity contribution in [2.24, 2.45) is 4.99 Å². The Kier molecular flexibility index (Phi) is 4.86. The molecule has 142 valence electrons. The van der Waals surface area contributed by atoms with Crippen molar-refractivity contribution < 1.29 is 19.2 Å². The van der Waals surface area contributed by atoms with E-state index in [1.807, 2.05) is 23.1 Å². The Morgan fingerprint density at radius 1 is 1.11 bits per heavy atom. The van der Waals surface area contributed by atoms with Gasteiger partial charge in [-0.05, 0) is 29.8 Å². The number of nitrogens with zero attached hydrogens (tertiary/aromatic N) is 3. The van der Waals surface area contributed by atoms with Crippen molar-refractivity contribution in [3.05, 3.63) is 75.5 Å². The third-order valence-corrected chi connectivity index (χ3v) is 4.49. The van der Waals surface area contributed by atoms with Crippen LogP contribution >= 0.6 is 0 Å². The number of hydrogen-bond acceptors (Lipinski definition) is 7. The Hall–Kier alpha value is -3.52. The van der Waals surface area contributed by atoms with Gasteiger partial charge in [0.25, 0.3) is 5.69 Å². The highest BCUT2D eigenvalue weighted by atomic mass is 16.6. The largest absolute Gasteiger partial charge is 0.402 e. The minimum absolute atomic E-state index is 0.0186. The maximum atomic E-state index is 12.1. The summed E-state index contributed by atoms with van der Waals surface area (Å²) in [5, 5.41) is 11.6. The fraction of sp³-hybridized carbons (Fsp3) is 0.200. The SMILES string of the molecule is O=C1OC(c2ccccc2)=N/C1=C/c1ccc(N2CCOCC2)c([N+](=O)[O-])c1. The van der Waals surface area contributed by atoms with Gasteiger partial charge in [-0.25, -0.2) is 9.79 Å². The lowest BCUT2D eigenvalue weighted by Crippen LogP contribution is -2.36. The van der Waals surface area contributed by atoms with E-state index in [0.29, 0.717) is 43.1 Å².